The van der Waals surface area contributed by atoms with Crippen LogP contribution in [0.1, 0.15) is 11.5 Å². The average Bonchev–Trinajstić information content (AvgIpc) is 2.15. The Balaban J connectivity index is 3.24. The van der Waals surface area contributed by atoms with Gasteiger partial charge < -0.3 is 10.2 Å². The van der Waals surface area contributed by atoms with E-state index in [1.165, 1.54) is 0 Å². The van der Waals surface area contributed by atoms with Gasteiger partial charge in [0.25, 0.3) is 5.69 Å². The number of nitro benzene ring substituents is 1. The number of hydrogen-bond acceptors (Lipinski definition) is 4. The molecule has 0 unspecified atom stereocenters. The summed E-state index contributed by atoms with van der Waals surface area (Å²) in [5, 5.41) is 28.0. The first-order valence-corrected chi connectivity index (χ1v) is 5.03. The van der Waals surface area contributed by atoms with Gasteiger partial charge in [-0.25, -0.2) is 0 Å². The SMILES string of the molecule is O=C(O)C(C(=O)O)c1ccc([N+](=O)[O-])c(Br)c1. The number of rotatable bonds is 4. The number of nitrogens with zero attached hydrogens (tertiary/aromatic N) is 1. The standard InChI is InChI=1S/C9H6BrNO6/c10-5-3-4(1-2-6(5)11(16)17)7(8(12)13)9(14)15/h1-3,7H,(H,12,13)(H,14,15). The first-order chi connectivity index (χ1) is 7.84. The van der Waals surface area contributed by atoms with Gasteiger partial charge in [0.05, 0.1) is 9.40 Å². The number of carbonyl (C=O) groups is 2. The third-order valence-electron chi connectivity index (χ3n) is 2.00. The minimum Gasteiger partial charge on any atom is -0.480 e. The maximum atomic E-state index is 10.7. The maximum absolute atomic E-state index is 10.7. The molecule has 0 saturated carbocycles. The molecule has 0 aromatic heterocycles. The summed E-state index contributed by atoms with van der Waals surface area (Å²) in [5.74, 6) is -4.80. The number of carboxylic acid groups (broad SMARTS) is 2. The van der Waals surface area contributed by atoms with E-state index in [1.54, 1.807) is 0 Å². The molecule has 0 aliphatic rings. The number of aliphatic carboxylic acids is 2. The number of nitro groups is 1. The smallest absolute Gasteiger partial charge is 0.322 e. The Morgan fingerprint density at radius 2 is 1.82 bits per heavy atom. The third kappa shape index (κ3) is 2.78. The quantitative estimate of drug-likeness (QED) is 0.495. The Morgan fingerprint density at radius 3 is 2.18 bits per heavy atom. The minimum absolute atomic E-state index is 0.0347. The van der Waals surface area contributed by atoms with Crippen LogP contribution < -0.4 is 0 Å². The lowest BCUT2D eigenvalue weighted by Crippen LogP contribution is -2.21. The lowest BCUT2D eigenvalue weighted by atomic mass is 9.99. The molecule has 0 saturated heterocycles. The van der Waals surface area contributed by atoms with Crippen LogP contribution >= 0.6 is 15.9 Å². The van der Waals surface area contributed by atoms with E-state index in [0.717, 1.165) is 18.2 Å². The molecule has 0 atom stereocenters. The molecule has 0 bridgehead atoms. The van der Waals surface area contributed by atoms with Crippen LogP contribution in [0.15, 0.2) is 22.7 Å². The summed E-state index contributed by atoms with van der Waals surface area (Å²) in [6.45, 7) is 0. The highest BCUT2D eigenvalue weighted by Crippen LogP contribution is 2.29. The molecule has 17 heavy (non-hydrogen) atoms. The Kier molecular flexibility index (Phi) is 3.79. The van der Waals surface area contributed by atoms with Crippen LogP contribution in [0.25, 0.3) is 0 Å². The Bertz CT molecular complexity index is 486. The Morgan fingerprint density at radius 1 is 1.29 bits per heavy atom. The van der Waals surface area contributed by atoms with Crippen LogP contribution in [0.3, 0.4) is 0 Å². The first kappa shape index (κ1) is 13.1. The molecule has 8 heteroatoms. The van der Waals surface area contributed by atoms with E-state index < -0.39 is 22.8 Å². The largest absolute Gasteiger partial charge is 0.480 e. The van der Waals surface area contributed by atoms with Gasteiger partial charge in [0.1, 0.15) is 0 Å². The van der Waals surface area contributed by atoms with Crippen molar-refractivity contribution in [3.8, 4) is 0 Å². The van der Waals surface area contributed by atoms with Gasteiger partial charge in [-0.2, -0.15) is 0 Å². The molecule has 1 aromatic carbocycles. The Hall–Kier alpha value is -1.96. The van der Waals surface area contributed by atoms with Crippen molar-refractivity contribution in [3.63, 3.8) is 0 Å². The predicted molar refractivity (Wildman–Crippen MR) is 58.8 cm³/mol. The number of halogens is 1. The van der Waals surface area contributed by atoms with E-state index in [0.29, 0.717) is 0 Å². The van der Waals surface area contributed by atoms with Gasteiger partial charge in [-0.1, -0.05) is 6.07 Å². The summed E-state index contributed by atoms with van der Waals surface area (Å²) in [7, 11) is 0. The number of hydrogen-bond donors (Lipinski definition) is 2. The molecule has 0 amide bonds. The second-order valence-corrected chi connectivity index (χ2v) is 3.93. The minimum atomic E-state index is -1.74. The average molecular weight is 304 g/mol. The first-order valence-electron chi connectivity index (χ1n) is 4.24. The normalized spacial score (nSPS) is 10.2. The highest BCUT2D eigenvalue weighted by molar-refractivity contribution is 9.10. The second kappa shape index (κ2) is 4.91. The summed E-state index contributed by atoms with van der Waals surface area (Å²) in [5.41, 5.74) is -0.300. The van der Waals surface area contributed by atoms with Crippen molar-refractivity contribution < 1.29 is 24.7 Å². The fraction of sp³-hybridized carbons (Fsp3) is 0.111. The van der Waals surface area contributed by atoms with Gasteiger partial charge in [-0.3, -0.25) is 19.7 Å². The fourth-order valence-corrected chi connectivity index (χ4v) is 1.78. The molecule has 0 spiro atoms. The summed E-state index contributed by atoms with van der Waals surface area (Å²) < 4.78 is 0.0347. The molecule has 1 aromatic rings. The predicted octanol–water partition coefficient (Wildman–Crippen LogP) is 1.61. The van der Waals surface area contributed by atoms with Crippen LogP contribution in [0.2, 0.25) is 0 Å². The van der Waals surface area contributed by atoms with E-state index in [2.05, 4.69) is 15.9 Å². The van der Waals surface area contributed by atoms with Crippen LogP contribution in [-0.2, 0) is 9.59 Å². The number of carboxylic acids is 2. The van der Waals surface area contributed by atoms with Crippen molar-refractivity contribution in [3.05, 3.63) is 38.3 Å². The van der Waals surface area contributed by atoms with Gasteiger partial charge in [0.2, 0.25) is 0 Å². The van der Waals surface area contributed by atoms with E-state index in [4.69, 9.17) is 10.2 Å². The van der Waals surface area contributed by atoms with Gasteiger partial charge >= 0.3 is 11.9 Å². The molecular weight excluding hydrogens is 298 g/mol. The van der Waals surface area contributed by atoms with E-state index in [-0.39, 0.29) is 15.7 Å². The highest BCUT2D eigenvalue weighted by Gasteiger charge is 2.29. The maximum Gasteiger partial charge on any atom is 0.322 e. The van der Waals surface area contributed by atoms with Crippen molar-refractivity contribution in [2.45, 2.75) is 5.92 Å². The van der Waals surface area contributed by atoms with Crippen LogP contribution in [0, 0.1) is 10.1 Å². The molecule has 0 radical (unpaired) electrons. The molecule has 0 aliphatic heterocycles. The zero-order chi connectivity index (χ0) is 13.2. The molecule has 1 rings (SSSR count). The summed E-state index contributed by atoms with van der Waals surface area (Å²) in [6.07, 6.45) is 0. The topological polar surface area (TPSA) is 118 Å². The van der Waals surface area contributed by atoms with E-state index in [9.17, 15) is 19.7 Å². The van der Waals surface area contributed by atoms with Crippen molar-refractivity contribution in [1.82, 2.24) is 0 Å². The van der Waals surface area contributed by atoms with Crippen molar-refractivity contribution in [2.75, 3.05) is 0 Å². The summed E-state index contributed by atoms with van der Waals surface area (Å²) >= 11 is 2.89. The molecule has 7 nitrogen and oxygen atoms in total. The van der Waals surface area contributed by atoms with Crippen LogP contribution in [-0.4, -0.2) is 27.1 Å². The molecular formula is C9H6BrNO6. The molecule has 0 fully saturated rings. The van der Waals surface area contributed by atoms with Gasteiger partial charge in [0.15, 0.2) is 5.92 Å². The van der Waals surface area contributed by atoms with Crippen molar-refractivity contribution >= 4 is 33.6 Å². The van der Waals surface area contributed by atoms with E-state index in [1.807, 2.05) is 0 Å². The summed E-state index contributed by atoms with van der Waals surface area (Å²) in [4.78, 5) is 31.3. The third-order valence-corrected chi connectivity index (χ3v) is 2.63. The lowest BCUT2D eigenvalue weighted by Gasteiger charge is -2.07. The lowest BCUT2D eigenvalue weighted by molar-refractivity contribution is -0.385. The zero-order valence-corrected chi connectivity index (χ0v) is 9.75. The zero-order valence-electron chi connectivity index (χ0n) is 8.16. The van der Waals surface area contributed by atoms with Crippen molar-refractivity contribution in [2.24, 2.45) is 0 Å². The van der Waals surface area contributed by atoms with E-state index >= 15 is 0 Å². The highest BCUT2D eigenvalue weighted by atomic mass is 79.9. The monoisotopic (exact) mass is 303 g/mol. The molecule has 90 valence electrons. The Labute approximate surface area is 103 Å². The molecule has 2 N–H and O–H groups in total. The molecule has 0 heterocycles. The second-order valence-electron chi connectivity index (χ2n) is 3.08. The van der Waals surface area contributed by atoms with Gasteiger partial charge in [-0.15, -0.1) is 0 Å². The van der Waals surface area contributed by atoms with Gasteiger partial charge in [0, 0.05) is 6.07 Å². The van der Waals surface area contributed by atoms with Crippen molar-refractivity contribution in [1.29, 1.82) is 0 Å². The van der Waals surface area contributed by atoms with Gasteiger partial charge in [-0.05, 0) is 27.6 Å². The van der Waals surface area contributed by atoms with Crippen LogP contribution in [0.4, 0.5) is 5.69 Å². The molecule has 0 aliphatic carbocycles. The summed E-state index contributed by atoms with van der Waals surface area (Å²) in [6, 6.07) is 3.28. The fourth-order valence-electron chi connectivity index (χ4n) is 1.24. The number of benzene rings is 1. The van der Waals surface area contributed by atoms with Crippen LogP contribution in [0.5, 0.6) is 0 Å².